The summed E-state index contributed by atoms with van der Waals surface area (Å²) in [6.45, 7) is 5.36. The van der Waals surface area contributed by atoms with Crippen molar-refractivity contribution in [1.29, 1.82) is 0 Å². The molecule has 7 nitrogen and oxygen atoms in total. The van der Waals surface area contributed by atoms with E-state index in [-0.39, 0.29) is 18.7 Å². The van der Waals surface area contributed by atoms with Crippen molar-refractivity contribution >= 4 is 22.9 Å². The van der Waals surface area contributed by atoms with Gasteiger partial charge in [0.2, 0.25) is 0 Å². The van der Waals surface area contributed by atoms with Gasteiger partial charge in [-0.2, -0.15) is 5.01 Å². The molecular formula is C17H26N2O5S. The first-order valence-corrected chi connectivity index (χ1v) is 9.64. The number of hydrogen-bond acceptors (Lipinski definition) is 5. The van der Waals surface area contributed by atoms with Crippen LogP contribution in [-0.4, -0.2) is 50.0 Å². The molecule has 1 amide bonds. The summed E-state index contributed by atoms with van der Waals surface area (Å²) < 4.78 is 16.6. The van der Waals surface area contributed by atoms with Gasteiger partial charge in [-0.1, -0.05) is 30.3 Å². The molecule has 140 valence electrons. The SMILES string of the molecule is CS(=O)CC[C@@H](C(=O)O)N(Cc1ccccc1)NC(=O)OC(C)(C)C. The van der Waals surface area contributed by atoms with Crippen molar-refractivity contribution in [3.63, 3.8) is 0 Å². The van der Waals surface area contributed by atoms with Gasteiger partial charge in [-0.05, 0) is 32.8 Å². The van der Waals surface area contributed by atoms with Crippen LogP contribution in [0.1, 0.15) is 32.8 Å². The maximum Gasteiger partial charge on any atom is 0.422 e. The Morgan fingerprint density at radius 1 is 1.28 bits per heavy atom. The number of ether oxygens (including phenoxy) is 1. The second kappa shape index (κ2) is 9.53. The number of rotatable bonds is 8. The minimum atomic E-state index is -1.13. The van der Waals surface area contributed by atoms with Crippen LogP contribution in [0.15, 0.2) is 30.3 Å². The molecule has 0 aromatic heterocycles. The molecule has 0 saturated carbocycles. The van der Waals surface area contributed by atoms with Crippen molar-refractivity contribution < 1.29 is 23.6 Å². The average Bonchev–Trinajstić information content (AvgIpc) is 2.45. The van der Waals surface area contributed by atoms with Gasteiger partial charge in [0, 0.05) is 29.4 Å². The van der Waals surface area contributed by atoms with Gasteiger partial charge in [-0.3, -0.25) is 14.4 Å². The Kier molecular flexibility index (Phi) is 8.05. The fourth-order valence-corrected chi connectivity index (χ4v) is 2.67. The monoisotopic (exact) mass is 370 g/mol. The summed E-state index contributed by atoms with van der Waals surface area (Å²) in [5.74, 6) is -0.879. The van der Waals surface area contributed by atoms with Gasteiger partial charge in [0.05, 0.1) is 0 Å². The first-order valence-electron chi connectivity index (χ1n) is 7.91. The standard InChI is InChI=1S/C17H26N2O5S/c1-17(2,3)24-16(22)18-19(12-13-8-6-5-7-9-13)14(15(20)21)10-11-25(4)23/h5-9,14H,10-12H2,1-4H3,(H,18,22)(H,20,21)/t14-,25?/m0/s1. The maximum absolute atomic E-state index is 12.1. The van der Waals surface area contributed by atoms with Crippen molar-refractivity contribution in [3.8, 4) is 0 Å². The van der Waals surface area contributed by atoms with E-state index in [4.69, 9.17) is 4.74 Å². The molecule has 0 saturated heterocycles. The number of hydrogen-bond donors (Lipinski definition) is 2. The van der Waals surface area contributed by atoms with E-state index in [9.17, 15) is 18.9 Å². The highest BCUT2D eigenvalue weighted by molar-refractivity contribution is 7.84. The molecule has 0 aliphatic carbocycles. The van der Waals surface area contributed by atoms with E-state index in [1.54, 1.807) is 20.8 Å². The fraction of sp³-hybridized carbons (Fsp3) is 0.529. The molecule has 25 heavy (non-hydrogen) atoms. The molecule has 0 bridgehead atoms. The van der Waals surface area contributed by atoms with Gasteiger partial charge in [0.15, 0.2) is 0 Å². The number of nitrogens with zero attached hydrogens (tertiary/aromatic N) is 1. The van der Waals surface area contributed by atoms with E-state index in [0.717, 1.165) is 5.56 Å². The van der Waals surface area contributed by atoms with Gasteiger partial charge in [0.1, 0.15) is 11.6 Å². The number of hydrazine groups is 1. The summed E-state index contributed by atoms with van der Waals surface area (Å²) >= 11 is 0. The van der Waals surface area contributed by atoms with E-state index < -0.39 is 34.5 Å². The molecule has 2 N–H and O–H groups in total. The number of benzene rings is 1. The zero-order valence-corrected chi connectivity index (χ0v) is 15.8. The van der Waals surface area contributed by atoms with Gasteiger partial charge in [-0.25, -0.2) is 4.79 Å². The van der Waals surface area contributed by atoms with Gasteiger partial charge in [0.25, 0.3) is 0 Å². The lowest BCUT2D eigenvalue weighted by Gasteiger charge is -2.30. The first-order chi connectivity index (χ1) is 11.6. The van der Waals surface area contributed by atoms with Gasteiger partial charge < -0.3 is 9.84 Å². The summed E-state index contributed by atoms with van der Waals surface area (Å²) in [5.41, 5.74) is 2.65. The molecule has 0 fully saturated rings. The highest BCUT2D eigenvalue weighted by Gasteiger charge is 2.29. The zero-order valence-electron chi connectivity index (χ0n) is 15.0. The maximum atomic E-state index is 12.1. The summed E-state index contributed by atoms with van der Waals surface area (Å²) in [6.07, 6.45) is 0.926. The molecule has 0 aliphatic rings. The molecular weight excluding hydrogens is 344 g/mol. The Labute approximate surface area is 150 Å². The van der Waals surface area contributed by atoms with E-state index in [1.165, 1.54) is 11.3 Å². The third kappa shape index (κ3) is 8.64. The highest BCUT2D eigenvalue weighted by Crippen LogP contribution is 2.12. The average molecular weight is 370 g/mol. The lowest BCUT2D eigenvalue weighted by Crippen LogP contribution is -2.52. The number of carboxylic acid groups (broad SMARTS) is 1. The van der Waals surface area contributed by atoms with Crippen LogP contribution in [0.4, 0.5) is 4.79 Å². The molecule has 0 spiro atoms. The quantitative estimate of drug-likeness (QED) is 0.681. The molecule has 0 radical (unpaired) electrons. The minimum absolute atomic E-state index is 0.140. The molecule has 8 heteroatoms. The Balaban J connectivity index is 2.96. The smallest absolute Gasteiger partial charge is 0.422 e. The second-order valence-electron chi connectivity index (χ2n) is 6.65. The van der Waals surface area contributed by atoms with E-state index in [0.29, 0.717) is 0 Å². The number of nitrogens with one attached hydrogen (secondary N) is 1. The van der Waals surface area contributed by atoms with Crippen LogP contribution in [0.3, 0.4) is 0 Å². The predicted molar refractivity (Wildman–Crippen MR) is 96.3 cm³/mol. The van der Waals surface area contributed by atoms with Crippen LogP contribution >= 0.6 is 0 Å². The van der Waals surface area contributed by atoms with E-state index in [1.807, 2.05) is 30.3 Å². The molecule has 1 aromatic rings. The largest absolute Gasteiger partial charge is 0.480 e. The first kappa shape index (κ1) is 21.1. The predicted octanol–water partition coefficient (Wildman–Crippen LogP) is 2.15. The lowest BCUT2D eigenvalue weighted by atomic mass is 10.1. The highest BCUT2D eigenvalue weighted by atomic mass is 32.2. The Morgan fingerprint density at radius 3 is 2.36 bits per heavy atom. The summed E-state index contributed by atoms with van der Waals surface area (Å²) in [7, 11) is -1.13. The van der Waals surface area contributed by atoms with Crippen LogP contribution < -0.4 is 5.43 Å². The van der Waals surface area contributed by atoms with Crippen LogP contribution in [0.25, 0.3) is 0 Å². The number of carbonyl (C=O) groups is 2. The third-order valence-electron chi connectivity index (χ3n) is 3.17. The molecule has 1 aromatic carbocycles. The van der Waals surface area contributed by atoms with Crippen LogP contribution in [0.2, 0.25) is 0 Å². The van der Waals surface area contributed by atoms with E-state index >= 15 is 0 Å². The number of carboxylic acids is 1. The van der Waals surface area contributed by atoms with Crippen LogP contribution in [-0.2, 0) is 26.9 Å². The van der Waals surface area contributed by atoms with Crippen molar-refractivity contribution in [2.75, 3.05) is 12.0 Å². The zero-order chi connectivity index (χ0) is 19.0. The minimum Gasteiger partial charge on any atom is -0.480 e. The Hall–Kier alpha value is -1.93. The summed E-state index contributed by atoms with van der Waals surface area (Å²) in [5, 5.41) is 10.9. The van der Waals surface area contributed by atoms with Crippen LogP contribution in [0, 0.1) is 0 Å². The molecule has 0 heterocycles. The Morgan fingerprint density at radius 2 is 1.88 bits per heavy atom. The Bertz CT molecular complexity index is 601. The van der Waals surface area contributed by atoms with E-state index in [2.05, 4.69) is 5.43 Å². The van der Waals surface area contributed by atoms with Gasteiger partial charge >= 0.3 is 12.1 Å². The fourth-order valence-electron chi connectivity index (χ4n) is 2.12. The normalized spacial score (nSPS) is 14.0. The molecule has 2 atom stereocenters. The summed E-state index contributed by atoms with van der Waals surface area (Å²) in [6, 6.07) is 8.16. The molecule has 1 unspecified atom stereocenters. The third-order valence-corrected chi connectivity index (χ3v) is 3.98. The van der Waals surface area contributed by atoms with Crippen LogP contribution in [0.5, 0.6) is 0 Å². The number of aliphatic carboxylic acids is 1. The number of amides is 1. The van der Waals surface area contributed by atoms with Crippen molar-refractivity contribution in [3.05, 3.63) is 35.9 Å². The lowest BCUT2D eigenvalue weighted by molar-refractivity contribution is -0.145. The molecule has 1 rings (SSSR count). The second-order valence-corrected chi connectivity index (χ2v) is 8.20. The summed E-state index contributed by atoms with van der Waals surface area (Å²) in [4.78, 5) is 23.8. The number of carbonyl (C=O) groups excluding carboxylic acids is 1. The van der Waals surface area contributed by atoms with Crippen molar-refractivity contribution in [1.82, 2.24) is 10.4 Å². The van der Waals surface area contributed by atoms with Gasteiger partial charge in [-0.15, -0.1) is 0 Å². The van der Waals surface area contributed by atoms with Crippen molar-refractivity contribution in [2.45, 2.75) is 45.4 Å². The molecule has 0 aliphatic heterocycles. The topological polar surface area (TPSA) is 95.9 Å². The van der Waals surface area contributed by atoms with Crippen molar-refractivity contribution in [2.24, 2.45) is 0 Å².